The van der Waals surface area contributed by atoms with Gasteiger partial charge in [0.15, 0.2) is 5.78 Å². The van der Waals surface area contributed by atoms with Crippen LogP contribution in [0.4, 0.5) is 0 Å². The second-order valence-electron chi connectivity index (χ2n) is 5.50. The molecule has 0 saturated heterocycles. The number of Topliss-reactive ketones (excluding diaryl/α,β-unsaturated/α-hetero) is 1. The van der Waals surface area contributed by atoms with Crippen LogP contribution in [0.25, 0.3) is 0 Å². The molecule has 2 rings (SSSR count). The molecule has 0 amide bonds. The maximum atomic E-state index is 12.0. The zero-order valence-corrected chi connectivity index (χ0v) is 13.3. The van der Waals surface area contributed by atoms with Gasteiger partial charge in [-0.05, 0) is 42.7 Å². The Morgan fingerprint density at radius 3 is 2.25 bits per heavy atom. The van der Waals surface area contributed by atoms with Crippen molar-refractivity contribution in [3.05, 3.63) is 64.7 Å². The Labute approximate surface area is 184 Å². The van der Waals surface area contributed by atoms with Crippen molar-refractivity contribution in [2.24, 2.45) is 0 Å². The number of carbonyl (C=O) groups excluding carboxylic acids is 1. The molecule has 0 heterocycles. The molecule has 0 aromatic heterocycles. The van der Waals surface area contributed by atoms with Crippen LogP contribution < -0.4 is 4.74 Å². The van der Waals surface area contributed by atoms with Gasteiger partial charge in [-0.25, -0.2) is 0 Å². The van der Waals surface area contributed by atoms with Crippen molar-refractivity contribution in [3.8, 4) is 5.75 Å². The first-order chi connectivity index (χ1) is 11.0. The van der Waals surface area contributed by atoms with Gasteiger partial charge in [0.1, 0.15) is 12.4 Å². The van der Waals surface area contributed by atoms with Gasteiger partial charge in [0, 0.05) is 12.0 Å². The third-order valence-corrected chi connectivity index (χ3v) is 3.75. The van der Waals surface area contributed by atoms with Gasteiger partial charge in [-0.3, -0.25) is 9.59 Å². The van der Waals surface area contributed by atoms with Gasteiger partial charge in [-0.1, -0.05) is 30.3 Å². The summed E-state index contributed by atoms with van der Waals surface area (Å²) in [6.45, 7) is 4.51. The predicted molar refractivity (Wildman–Crippen MR) is 95.0 cm³/mol. The van der Waals surface area contributed by atoms with E-state index < -0.39 is 5.97 Å². The summed E-state index contributed by atoms with van der Waals surface area (Å²) in [5.41, 5.74) is 3.94. The van der Waals surface area contributed by atoms with Crippen molar-refractivity contribution in [1.29, 1.82) is 0 Å². The van der Waals surface area contributed by atoms with E-state index in [0.717, 1.165) is 5.56 Å². The van der Waals surface area contributed by atoms with E-state index in [4.69, 9.17) is 9.84 Å². The molecule has 0 fully saturated rings. The number of benzene rings is 2. The Bertz CT molecular complexity index is 705. The predicted octanol–water partition coefficient (Wildman–Crippen LogP) is 3.28. The van der Waals surface area contributed by atoms with Crippen LogP contribution >= 0.6 is 0 Å². The number of carboxylic acids is 1. The molecule has 1 N–H and O–H groups in total. The molecule has 0 aliphatic rings. The van der Waals surface area contributed by atoms with Gasteiger partial charge < -0.3 is 9.84 Å². The quantitative estimate of drug-likeness (QED) is 0.613. The monoisotopic (exact) mass is 352 g/mol. The molecule has 2 aromatic carbocycles. The molecule has 0 atom stereocenters. The molecule has 0 radical (unpaired) electrons. The Kier molecular flexibility index (Phi) is 8.87. The molecule has 4 nitrogen and oxygen atoms in total. The summed E-state index contributed by atoms with van der Waals surface area (Å²) in [7, 11) is 0. The SMILES string of the molecule is Cc1cccc(C)c1COc1cccc(C(=O)CCC(=O)O)c1.[KH]. The number of aryl methyl sites for hydroxylation is 2. The van der Waals surface area contributed by atoms with Gasteiger partial charge >= 0.3 is 57.4 Å². The fraction of sp³-hybridized carbons (Fsp3) is 0.263. The molecule has 0 aliphatic heterocycles. The van der Waals surface area contributed by atoms with Crippen LogP contribution in [0.3, 0.4) is 0 Å². The van der Waals surface area contributed by atoms with Crippen LogP contribution in [-0.2, 0) is 11.4 Å². The van der Waals surface area contributed by atoms with E-state index in [0.29, 0.717) is 17.9 Å². The second-order valence-corrected chi connectivity index (χ2v) is 5.50. The standard InChI is InChI=1S/C19H20O4.K.H/c1-13-5-3-6-14(2)17(13)12-23-16-8-4-7-15(11-16)18(20)9-10-19(21)22;;/h3-8,11H,9-10,12H2,1-2H3,(H,21,22);;. The topological polar surface area (TPSA) is 63.6 Å². The summed E-state index contributed by atoms with van der Waals surface area (Å²) in [5.74, 6) is -0.556. The van der Waals surface area contributed by atoms with Crippen molar-refractivity contribution in [1.82, 2.24) is 0 Å². The van der Waals surface area contributed by atoms with E-state index in [1.165, 1.54) is 11.1 Å². The fourth-order valence-corrected chi connectivity index (χ4v) is 2.36. The number of hydrogen-bond acceptors (Lipinski definition) is 3. The van der Waals surface area contributed by atoms with Crippen LogP contribution in [-0.4, -0.2) is 68.2 Å². The first kappa shape index (κ1) is 21.1. The Hall–Kier alpha value is -0.984. The zero-order valence-electron chi connectivity index (χ0n) is 13.3. The van der Waals surface area contributed by atoms with E-state index in [1.54, 1.807) is 24.3 Å². The molecule has 0 saturated carbocycles. The van der Waals surface area contributed by atoms with Crippen molar-refractivity contribution >= 4 is 63.1 Å². The van der Waals surface area contributed by atoms with Crippen LogP contribution in [0.15, 0.2) is 42.5 Å². The Balaban J connectivity index is 0.00000288. The van der Waals surface area contributed by atoms with E-state index in [9.17, 15) is 9.59 Å². The second kappa shape index (κ2) is 10.1. The molecule has 24 heavy (non-hydrogen) atoms. The van der Waals surface area contributed by atoms with Crippen LogP contribution in [0, 0.1) is 13.8 Å². The first-order valence-electron chi connectivity index (χ1n) is 7.50. The third-order valence-electron chi connectivity index (χ3n) is 3.75. The number of ether oxygens (including phenoxy) is 1. The van der Waals surface area contributed by atoms with Crippen molar-refractivity contribution in [3.63, 3.8) is 0 Å². The number of rotatable bonds is 7. The average Bonchev–Trinajstić information content (AvgIpc) is 2.52. The minimum atomic E-state index is -0.971. The molecule has 2 aromatic rings. The van der Waals surface area contributed by atoms with Gasteiger partial charge in [-0.15, -0.1) is 0 Å². The van der Waals surface area contributed by atoms with E-state index in [-0.39, 0.29) is 70.0 Å². The van der Waals surface area contributed by atoms with Gasteiger partial charge in [-0.2, -0.15) is 0 Å². The molecule has 0 aliphatic carbocycles. The average molecular weight is 352 g/mol. The van der Waals surface area contributed by atoms with Gasteiger partial charge in [0.25, 0.3) is 0 Å². The van der Waals surface area contributed by atoms with Crippen LogP contribution in [0.2, 0.25) is 0 Å². The Morgan fingerprint density at radius 2 is 1.62 bits per heavy atom. The Morgan fingerprint density at radius 1 is 1.00 bits per heavy atom. The van der Waals surface area contributed by atoms with Crippen LogP contribution in [0.1, 0.15) is 39.9 Å². The third kappa shape index (κ3) is 6.15. The summed E-state index contributed by atoms with van der Waals surface area (Å²) in [5, 5.41) is 8.65. The molecule has 122 valence electrons. The summed E-state index contributed by atoms with van der Waals surface area (Å²) < 4.78 is 5.80. The van der Waals surface area contributed by atoms with Crippen molar-refractivity contribution in [2.45, 2.75) is 33.3 Å². The fourth-order valence-electron chi connectivity index (χ4n) is 2.36. The van der Waals surface area contributed by atoms with Gasteiger partial charge in [0.05, 0.1) is 6.42 Å². The number of hydrogen-bond donors (Lipinski definition) is 1. The molecule has 0 bridgehead atoms. The summed E-state index contributed by atoms with van der Waals surface area (Å²) in [6, 6.07) is 13.0. The van der Waals surface area contributed by atoms with Crippen molar-refractivity contribution < 1.29 is 19.4 Å². The normalized spacial score (nSPS) is 9.92. The van der Waals surface area contributed by atoms with E-state index in [1.807, 2.05) is 32.0 Å². The molecule has 0 spiro atoms. The summed E-state index contributed by atoms with van der Waals surface area (Å²) in [4.78, 5) is 22.5. The molecule has 0 unspecified atom stereocenters. The number of aliphatic carboxylic acids is 1. The number of carboxylic acid groups (broad SMARTS) is 1. The molecular formula is C19H21KO4. The van der Waals surface area contributed by atoms with Gasteiger partial charge in [0.2, 0.25) is 0 Å². The maximum absolute atomic E-state index is 12.0. The minimum absolute atomic E-state index is 0. The summed E-state index contributed by atoms with van der Waals surface area (Å²) >= 11 is 0. The number of ketones is 1. The van der Waals surface area contributed by atoms with E-state index in [2.05, 4.69) is 0 Å². The van der Waals surface area contributed by atoms with Crippen LogP contribution in [0.5, 0.6) is 5.75 Å². The molecule has 5 heteroatoms. The molecular weight excluding hydrogens is 331 g/mol. The zero-order chi connectivity index (χ0) is 16.8. The van der Waals surface area contributed by atoms with E-state index >= 15 is 0 Å². The summed E-state index contributed by atoms with van der Waals surface area (Å²) in [6.07, 6.45) is -0.165. The van der Waals surface area contributed by atoms with Crippen molar-refractivity contribution in [2.75, 3.05) is 0 Å². The number of carbonyl (C=O) groups is 2. The first-order valence-corrected chi connectivity index (χ1v) is 7.50.